The van der Waals surface area contributed by atoms with Crippen LogP contribution >= 0.6 is 23.8 Å². The Morgan fingerprint density at radius 3 is 2.33 bits per heavy atom. The van der Waals surface area contributed by atoms with Crippen LogP contribution in [0.1, 0.15) is 0 Å². The molecule has 1 N–H and O–H groups in total. The highest BCUT2D eigenvalue weighted by Crippen LogP contribution is 2.24. The van der Waals surface area contributed by atoms with E-state index in [1.54, 1.807) is 12.1 Å². The minimum Gasteiger partial charge on any atom is -0.374 e. The highest BCUT2D eigenvalue weighted by molar-refractivity contribution is 7.71. The molecular formula is C15H12ClN3OS. The smallest absolute Gasteiger partial charge is 0.205 e. The average molecular weight is 318 g/mol. The van der Waals surface area contributed by atoms with Gasteiger partial charge in [0, 0.05) is 16.3 Å². The van der Waals surface area contributed by atoms with Crippen molar-refractivity contribution in [3.63, 3.8) is 0 Å². The lowest BCUT2D eigenvalue weighted by molar-refractivity contribution is 0.193. The molecule has 0 amide bonds. The molecule has 0 saturated heterocycles. The molecule has 4 nitrogen and oxygen atoms in total. The standard InChI is InChI=1S/C15H12ClN3OS/c16-12-8-6-11(7-9-12)14-17-18(10-20)15(21)19(14)13-4-2-1-3-5-13/h1-9,20H,10H2. The number of aliphatic hydroxyl groups is 1. The summed E-state index contributed by atoms with van der Waals surface area (Å²) in [5, 5.41) is 14.4. The van der Waals surface area contributed by atoms with Gasteiger partial charge < -0.3 is 5.11 Å². The third-order valence-electron chi connectivity index (χ3n) is 3.09. The molecule has 2 aromatic carbocycles. The van der Waals surface area contributed by atoms with Crippen LogP contribution in [-0.2, 0) is 6.73 Å². The molecule has 3 aromatic rings. The number of hydrogen-bond donors (Lipinski definition) is 1. The first kappa shape index (κ1) is 14.0. The summed E-state index contributed by atoms with van der Waals surface area (Å²) < 4.78 is 3.65. The van der Waals surface area contributed by atoms with Gasteiger partial charge in [-0.3, -0.25) is 4.57 Å². The maximum Gasteiger partial charge on any atom is 0.205 e. The maximum atomic E-state index is 9.39. The van der Waals surface area contributed by atoms with Crippen molar-refractivity contribution in [1.82, 2.24) is 14.3 Å². The molecule has 0 atom stereocenters. The third kappa shape index (κ3) is 2.63. The summed E-state index contributed by atoms with van der Waals surface area (Å²) in [6, 6.07) is 17.0. The lowest BCUT2D eigenvalue weighted by Crippen LogP contribution is -2.00. The van der Waals surface area contributed by atoms with Gasteiger partial charge in [0.15, 0.2) is 5.82 Å². The molecule has 21 heavy (non-hydrogen) atoms. The van der Waals surface area contributed by atoms with E-state index in [9.17, 15) is 5.11 Å². The van der Waals surface area contributed by atoms with E-state index in [1.165, 1.54) is 4.68 Å². The van der Waals surface area contributed by atoms with Gasteiger partial charge in [-0.15, -0.1) is 5.10 Å². The van der Waals surface area contributed by atoms with E-state index in [2.05, 4.69) is 5.10 Å². The zero-order valence-electron chi connectivity index (χ0n) is 11.0. The molecule has 106 valence electrons. The van der Waals surface area contributed by atoms with Gasteiger partial charge in [0.2, 0.25) is 4.77 Å². The number of aromatic nitrogens is 3. The van der Waals surface area contributed by atoms with Crippen molar-refractivity contribution in [2.45, 2.75) is 6.73 Å². The highest BCUT2D eigenvalue weighted by Gasteiger charge is 2.13. The van der Waals surface area contributed by atoms with Gasteiger partial charge in [-0.2, -0.15) is 0 Å². The van der Waals surface area contributed by atoms with E-state index in [0.29, 0.717) is 15.6 Å². The van der Waals surface area contributed by atoms with Crippen LogP contribution in [-0.4, -0.2) is 19.5 Å². The summed E-state index contributed by atoms with van der Waals surface area (Å²) in [7, 11) is 0. The number of hydrogen-bond acceptors (Lipinski definition) is 3. The van der Waals surface area contributed by atoms with Crippen molar-refractivity contribution in [3.05, 3.63) is 64.4 Å². The van der Waals surface area contributed by atoms with Crippen molar-refractivity contribution >= 4 is 23.8 Å². The molecule has 0 radical (unpaired) electrons. The van der Waals surface area contributed by atoms with E-state index >= 15 is 0 Å². The average Bonchev–Trinajstić information content (AvgIpc) is 2.85. The lowest BCUT2D eigenvalue weighted by Gasteiger charge is -2.06. The van der Waals surface area contributed by atoms with Crippen LogP contribution in [0.2, 0.25) is 5.02 Å². The molecular weight excluding hydrogens is 306 g/mol. The predicted octanol–water partition coefficient (Wildman–Crippen LogP) is 3.67. The SMILES string of the molecule is OCn1nc(-c2ccc(Cl)cc2)n(-c2ccccc2)c1=S. The van der Waals surface area contributed by atoms with Crippen LogP contribution in [0.5, 0.6) is 0 Å². The second-order valence-electron chi connectivity index (χ2n) is 4.42. The lowest BCUT2D eigenvalue weighted by atomic mass is 10.2. The maximum absolute atomic E-state index is 9.39. The molecule has 6 heteroatoms. The van der Waals surface area contributed by atoms with Gasteiger partial charge in [-0.1, -0.05) is 29.8 Å². The molecule has 0 aliphatic carbocycles. The molecule has 3 rings (SSSR count). The Kier molecular flexibility index (Phi) is 3.88. The summed E-state index contributed by atoms with van der Waals surface area (Å²) >= 11 is 11.3. The molecule has 0 aliphatic heterocycles. The van der Waals surface area contributed by atoms with Crippen LogP contribution in [0, 0.1) is 4.77 Å². The van der Waals surface area contributed by atoms with E-state index in [4.69, 9.17) is 23.8 Å². The largest absolute Gasteiger partial charge is 0.374 e. The second-order valence-corrected chi connectivity index (χ2v) is 5.23. The van der Waals surface area contributed by atoms with Crippen molar-refractivity contribution < 1.29 is 5.11 Å². The summed E-state index contributed by atoms with van der Waals surface area (Å²) in [4.78, 5) is 0. The van der Waals surface area contributed by atoms with Gasteiger partial charge in [0.25, 0.3) is 0 Å². The number of aliphatic hydroxyl groups excluding tert-OH is 1. The number of benzene rings is 2. The molecule has 1 aromatic heterocycles. The molecule has 0 bridgehead atoms. The van der Waals surface area contributed by atoms with Crippen LogP contribution in [0.3, 0.4) is 0 Å². The second kappa shape index (κ2) is 5.81. The molecule has 0 unspecified atom stereocenters. The Bertz CT molecular complexity index is 809. The summed E-state index contributed by atoms with van der Waals surface area (Å²) in [6.45, 7) is -0.265. The quantitative estimate of drug-likeness (QED) is 0.749. The molecule has 0 aliphatic rings. The molecule has 0 saturated carbocycles. The van der Waals surface area contributed by atoms with Gasteiger partial charge in [-0.25, -0.2) is 4.68 Å². The molecule has 0 spiro atoms. The minimum atomic E-state index is -0.265. The normalized spacial score (nSPS) is 10.8. The Morgan fingerprint density at radius 2 is 1.71 bits per heavy atom. The highest BCUT2D eigenvalue weighted by atomic mass is 35.5. The third-order valence-corrected chi connectivity index (χ3v) is 3.74. The number of para-hydroxylation sites is 1. The Labute approximate surface area is 131 Å². The summed E-state index contributed by atoms with van der Waals surface area (Å²) in [6.07, 6.45) is 0. The first-order valence-electron chi connectivity index (χ1n) is 6.33. The van der Waals surface area contributed by atoms with E-state index in [0.717, 1.165) is 11.3 Å². The predicted molar refractivity (Wildman–Crippen MR) is 85.1 cm³/mol. The van der Waals surface area contributed by atoms with Crippen LogP contribution in [0.4, 0.5) is 0 Å². The van der Waals surface area contributed by atoms with Crippen molar-refractivity contribution in [1.29, 1.82) is 0 Å². The van der Waals surface area contributed by atoms with Crippen LogP contribution in [0.15, 0.2) is 54.6 Å². The topological polar surface area (TPSA) is 43.0 Å². The fourth-order valence-electron chi connectivity index (χ4n) is 2.10. The van der Waals surface area contributed by atoms with Gasteiger partial charge >= 0.3 is 0 Å². The zero-order valence-corrected chi connectivity index (χ0v) is 12.6. The first-order chi connectivity index (χ1) is 10.2. The van der Waals surface area contributed by atoms with Gasteiger partial charge in [0.1, 0.15) is 6.73 Å². The van der Waals surface area contributed by atoms with Crippen molar-refractivity contribution in [2.75, 3.05) is 0 Å². The number of rotatable bonds is 3. The Hall–Kier alpha value is -1.95. The fraction of sp³-hybridized carbons (Fsp3) is 0.0667. The monoisotopic (exact) mass is 317 g/mol. The summed E-state index contributed by atoms with van der Waals surface area (Å²) in [5.41, 5.74) is 1.77. The van der Waals surface area contributed by atoms with E-state index in [1.807, 2.05) is 47.0 Å². The minimum absolute atomic E-state index is 0.265. The van der Waals surface area contributed by atoms with E-state index in [-0.39, 0.29) is 6.73 Å². The molecule has 0 fully saturated rings. The number of nitrogens with zero attached hydrogens (tertiary/aromatic N) is 3. The fourth-order valence-corrected chi connectivity index (χ4v) is 2.51. The first-order valence-corrected chi connectivity index (χ1v) is 7.11. The Balaban J connectivity index is 2.25. The molecule has 1 heterocycles. The van der Waals surface area contributed by atoms with Crippen molar-refractivity contribution in [2.24, 2.45) is 0 Å². The zero-order chi connectivity index (χ0) is 14.8. The van der Waals surface area contributed by atoms with E-state index < -0.39 is 0 Å². The van der Waals surface area contributed by atoms with Gasteiger partial charge in [-0.05, 0) is 48.6 Å². The van der Waals surface area contributed by atoms with Gasteiger partial charge in [0.05, 0.1) is 0 Å². The van der Waals surface area contributed by atoms with Crippen molar-refractivity contribution in [3.8, 4) is 17.1 Å². The van der Waals surface area contributed by atoms with Crippen LogP contribution in [0.25, 0.3) is 17.1 Å². The number of halogens is 1. The van der Waals surface area contributed by atoms with Crippen LogP contribution < -0.4 is 0 Å². The Morgan fingerprint density at radius 1 is 1.05 bits per heavy atom. The summed E-state index contributed by atoms with van der Waals surface area (Å²) in [5.74, 6) is 0.664.